The first-order valence-corrected chi connectivity index (χ1v) is 10.1. The highest BCUT2D eigenvalue weighted by Gasteiger charge is 2.13. The van der Waals surface area contributed by atoms with E-state index >= 15 is 0 Å². The summed E-state index contributed by atoms with van der Waals surface area (Å²) >= 11 is 12.2. The second-order valence-electron chi connectivity index (χ2n) is 6.37. The van der Waals surface area contributed by atoms with Crippen LogP contribution in [0.3, 0.4) is 0 Å². The van der Waals surface area contributed by atoms with E-state index in [1.54, 1.807) is 54.6 Å². The molecule has 2 N–H and O–H groups in total. The zero-order chi connectivity index (χ0) is 21.3. The highest BCUT2D eigenvalue weighted by atomic mass is 35.5. The molecule has 3 aromatic carbocycles. The van der Waals surface area contributed by atoms with Gasteiger partial charge in [-0.05, 0) is 30.3 Å². The molecule has 30 heavy (non-hydrogen) atoms. The first-order valence-electron chi connectivity index (χ1n) is 9.32. The van der Waals surface area contributed by atoms with Crippen molar-refractivity contribution in [2.45, 2.75) is 6.61 Å². The maximum Gasteiger partial charge on any atom is 0.255 e. The highest BCUT2D eigenvalue weighted by Crippen LogP contribution is 2.22. The first kappa shape index (κ1) is 21.7. The Bertz CT molecular complexity index is 1040. The number of benzene rings is 3. The van der Waals surface area contributed by atoms with Crippen molar-refractivity contribution in [3.05, 3.63) is 99.5 Å². The Kier molecular flexibility index (Phi) is 7.71. The Balaban J connectivity index is 1.52. The van der Waals surface area contributed by atoms with Crippen LogP contribution in [0.4, 0.5) is 0 Å². The van der Waals surface area contributed by atoms with E-state index in [1.165, 1.54) is 0 Å². The third kappa shape index (κ3) is 5.75. The molecule has 3 aromatic rings. The van der Waals surface area contributed by atoms with Gasteiger partial charge in [0.15, 0.2) is 0 Å². The Morgan fingerprint density at radius 1 is 0.700 bits per heavy atom. The number of halogens is 2. The van der Waals surface area contributed by atoms with E-state index in [0.29, 0.717) is 26.9 Å². The molecule has 0 radical (unpaired) electrons. The molecule has 0 unspecified atom stereocenters. The van der Waals surface area contributed by atoms with Gasteiger partial charge in [-0.15, -0.1) is 0 Å². The smallest absolute Gasteiger partial charge is 0.255 e. The van der Waals surface area contributed by atoms with Crippen molar-refractivity contribution >= 4 is 35.0 Å². The van der Waals surface area contributed by atoms with Crippen LogP contribution in [0.5, 0.6) is 5.75 Å². The summed E-state index contributed by atoms with van der Waals surface area (Å²) in [6, 6.07) is 21.1. The number of ether oxygens (including phenoxy) is 1. The van der Waals surface area contributed by atoms with Crippen molar-refractivity contribution < 1.29 is 14.3 Å². The van der Waals surface area contributed by atoms with E-state index in [1.807, 2.05) is 18.2 Å². The van der Waals surface area contributed by atoms with Crippen LogP contribution in [-0.2, 0) is 6.61 Å². The third-order valence-electron chi connectivity index (χ3n) is 4.29. The summed E-state index contributed by atoms with van der Waals surface area (Å²) in [5.41, 5.74) is 1.63. The normalized spacial score (nSPS) is 10.3. The lowest BCUT2D eigenvalue weighted by Crippen LogP contribution is -2.34. The van der Waals surface area contributed by atoms with Crippen LogP contribution >= 0.6 is 23.2 Å². The molecule has 0 aliphatic rings. The molecule has 0 aliphatic carbocycles. The Labute approximate surface area is 185 Å². The van der Waals surface area contributed by atoms with Crippen LogP contribution in [0, 0.1) is 0 Å². The van der Waals surface area contributed by atoms with Crippen LogP contribution in [0.25, 0.3) is 0 Å². The molecule has 0 atom stereocenters. The molecule has 0 fully saturated rings. The number of hydrogen-bond donors (Lipinski definition) is 2. The Morgan fingerprint density at radius 3 is 1.90 bits per heavy atom. The maximum atomic E-state index is 12.6. The SMILES string of the molecule is O=C(NCCNC(=O)c1ccccc1OCc1ccccc1Cl)c1ccccc1Cl. The van der Waals surface area contributed by atoms with Crippen molar-refractivity contribution in [1.82, 2.24) is 10.6 Å². The number of para-hydroxylation sites is 1. The molecule has 0 saturated heterocycles. The molecular formula is C23H20Cl2N2O3. The largest absolute Gasteiger partial charge is 0.488 e. The van der Waals surface area contributed by atoms with Crippen LogP contribution in [0.15, 0.2) is 72.8 Å². The number of carbonyl (C=O) groups is 2. The molecule has 0 bridgehead atoms. The average molecular weight is 443 g/mol. The fourth-order valence-corrected chi connectivity index (χ4v) is 3.15. The predicted molar refractivity (Wildman–Crippen MR) is 118 cm³/mol. The standard InChI is InChI=1S/C23H20Cl2N2O3/c24-19-10-4-1-7-16(19)15-30-21-12-6-3-9-18(21)23(29)27-14-13-26-22(28)17-8-2-5-11-20(17)25/h1-12H,13-15H2,(H,26,28)(H,27,29). The molecule has 2 amide bonds. The molecule has 7 heteroatoms. The van der Waals surface area contributed by atoms with Gasteiger partial charge in [0.05, 0.1) is 16.1 Å². The van der Waals surface area contributed by atoms with Crippen molar-refractivity contribution in [3.63, 3.8) is 0 Å². The monoisotopic (exact) mass is 442 g/mol. The first-order chi connectivity index (χ1) is 14.6. The lowest BCUT2D eigenvalue weighted by molar-refractivity contribution is 0.0925. The molecule has 3 rings (SSSR count). The van der Waals surface area contributed by atoms with Gasteiger partial charge >= 0.3 is 0 Å². The van der Waals surface area contributed by atoms with E-state index in [4.69, 9.17) is 27.9 Å². The van der Waals surface area contributed by atoms with Gasteiger partial charge in [0.25, 0.3) is 11.8 Å². The van der Waals surface area contributed by atoms with Crippen molar-refractivity contribution in [2.24, 2.45) is 0 Å². The molecule has 0 spiro atoms. The van der Waals surface area contributed by atoms with Crippen molar-refractivity contribution in [2.75, 3.05) is 13.1 Å². The second-order valence-corrected chi connectivity index (χ2v) is 7.18. The van der Waals surface area contributed by atoms with Gasteiger partial charge in [-0.1, -0.05) is 65.7 Å². The van der Waals surface area contributed by atoms with Crippen molar-refractivity contribution in [1.29, 1.82) is 0 Å². The van der Waals surface area contributed by atoms with Gasteiger partial charge in [0.2, 0.25) is 0 Å². The number of hydrogen-bond acceptors (Lipinski definition) is 3. The molecule has 0 aliphatic heterocycles. The lowest BCUT2D eigenvalue weighted by Gasteiger charge is -2.13. The van der Waals surface area contributed by atoms with Crippen molar-refractivity contribution in [3.8, 4) is 5.75 Å². The average Bonchev–Trinajstić information content (AvgIpc) is 2.76. The topological polar surface area (TPSA) is 67.4 Å². The Hall–Kier alpha value is -3.02. The summed E-state index contributed by atoms with van der Waals surface area (Å²) in [5, 5.41) is 6.49. The molecule has 154 valence electrons. The minimum Gasteiger partial charge on any atom is -0.488 e. The van der Waals surface area contributed by atoms with Crippen LogP contribution in [0.2, 0.25) is 10.0 Å². The zero-order valence-electron chi connectivity index (χ0n) is 16.0. The fraction of sp³-hybridized carbons (Fsp3) is 0.130. The quantitative estimate of drug-likeness (QED) is 0.495. The number of carbonyl (C=O) groups excluding carboxylic acids is 2. The summed E-state index contributed by atoms with van der Waals surface area (Å²) in [4.78, 5) is 24.7. The molecular weight excluding hydrogens is 423 g/mol. The summed E-state index contributed by atoms with van der Waals surface area (Å²) in [6.45, 7) is 0.768. The molecule has 0 saturated carbocycles. The van der Waals surface area contributed by atoms with E-state index in [0.717, 1.165) is 5.56 Å². The molecule has 5 nitrogen and oxygen atoms in total. The van der Waals surface area contributed by atoms with Gasteiger partial charge in [-0.2, -0.15) is 0 Å². The zero-order valence-corrected chi connectivity index (χ0v) is 17.5. The Morgan fingerprint density at radius 2 is 1.23 bits per heavy atom. The predicted octanol–water partition coefficient (Wildman–Crippen LogP) is 4.73. The minimum absolute atomic E-state index is 0.248. The fourth-order valence-electron chi connectivity index (χ4n) is 2.74. The summed E-state index contributed by atoms with van der Waals surface area (Å²) in [5.74, 6) is -0.134. The highest BCUT2D eigenvalue weighted by molar-refractivity contribution is 6.33. The van der Waals surface area contributed by atoms with E-state index < -0.39 is 0 Å². The van der Waals surface area contributed by atoms with Gasteiger partial charge in [-0.3, -0.25) is 9.59 Å². The minimum atomic E-state index is -0.295. The summed E-state index contributed by atoms with van der Waals surface area (Å²) in [6.07, 6.45) is 0. The van der Waals surface area contributed by atoms with E-state index in [9.17, 15) is 9.59 Å². The summed E-state index contributed by atoms with van der Waals surface area (Å²) in [7, 11) is 0. The number of amides is 2. The summed E-state index contributed by atoms with van der Waals surface area (Å²) < 4.78 is 5.81. The number of rotatable bonds is 8. The molecule has 0 aromatic heterocycles. The van der Waals surface area contributed by atoms with Crippen LogP contribution < -0.4 is 15.4 Å². The van der Waals surface area contributed by atoms with Crippen LogP contribution in [-0.4, -0.2) is 24.9 Å². The van der Waals surface area contributed by atoms with Gasteiger partial charge in [0.1, 0.15) is 12.4 Å². The second kappa shape index (κ2) is 10.7. The third-order valence-corrected chi connectivity index (χ3v) is 4.99. The van der Waals surface area contributed by atoms with Gasteiger partial charge in [0, 0.05) is 23.7 Å². The molecule has 0 heterocycles. The van der Waals surface area contributed by atoms with E-state index in [-0.39, 0.29) is 31.5 Å². The number of nitrogens with one attached hydrogen (secondary N) is 2. The lowest BCUT2D eigenvalue weighted by atomic mass is 10.2. The van der Waals surface area contributed by atoms with Gasteiger partial charge in [-0.25, -0.2) is 0 Å². The van der Waals surface area contributed by atoms with Crippen LogP contribution in [0.1, 0.15) is 26.3 Å². The van der Waals surface area contributed by atoms with E-state index in [2.05, 4.69) is 10.6 Å². The van der Waals surface area contributed by atoms with Gasteiger partial charge < -0.3 is 15.4 Å². The maximum absolute atomic E-state index is 12.6.